The number of ether oxygens (including phenoxy) is 2. The molecule has 1 aliphatic heterocycles. The van der Waals surface area contributed by atoms with Gasteiger partial charge in [0.15, 0.2) is 11.5 Å². The Bertz CT molecular complexity index is 510. The van der Waals surface area contributed by atoms with E-state index in [0.717, 1.165) is 18.6 Å². The topological polar surface area (TPSA) is 44.5 Å². The third kappa shape index (κ3) is 2.17. The van der Waals surface area contributed by atoms with E-state index in [-0.39, 0.29) is 5.41 Å². The van der Waals surface area contributed by atoms with Gasteiger partial charge in [0.2, 0.25) is 0 Å². The van der Waals surface area contributed by atoms with E-state index in [9.17, 15) is 0 Å². The average Bonchev–Trinajstić information content (AvgIpc) is 2.48. The molecule has 0 atom stereocenters. The monoisotopic (exact) mass is 295 g/mol. The first-order chi connectivity index (χ1) is 9.68. The third-order valence-electron chi connectivity index (χ3n) is 4.70. The Morgan fingerprint density at radius 3 is 2.60 bits per heavy atom. The van der Waals surface area contributed by atoms with Crippen molar-refractivity contribution in [3.63, 3.8) is 0 Å². The molecule has 0 amide bonds. The molecule has 0 bridgehead atoms. The number of fused-ring (bicyclic) bond motifs is 1. The highest BCUT2D eigenvalue weighted by Gasteiger charge is 2.37. The lowest BCUT2D eigenvalue weighted by Gasteiger charge is -2.39. The summed E-state index contributed by atoms with van der Waals surface area (Å²) in [6, 6.07) is 2.06. The molecule has 1 aromatic rings. The summed E-state index contributed by atoms with van der Waals surface area (Å²) in [5.41, 5.74) is 8.52. The zero-order valence-corrected chi connectivity index (χ0v) is 12.8. The molecule has 0 aromatic heterocycles. The molecule has 0 unspecified atom stereocenters. The van der Waals surface area contributed by atoms with E-state index in [0.29, 0.717) is 30.5 Å². The van der Waals surface area contributed by atoms with E-state index in [2.05, 4.69) is 13.0 Å². The second-order valence-corrected chi connectivity index (χ2v) is 6.33. The summed E-state index contributed by atoms with van der Waals surface area (Å²) in [7, 11) is 0. The highest BCUT2D eigenvalue weighted by Crippen LogP contribution is 2.49. The average molecular weight is 296 g/mol. The van der Waals surface area contributed by atoms with Crippen molar-refractivity contribution in [3.05, 3.63) is 22.2 Å². The quantitative estimate of drug-likeness (QED) is 0.907. The molecule has 0 radical (unpaired) electrons. The number of halogens is 1. The van der Waals surface area contributed by atoms with Crippen molar-refractivity contribution >= 4 is 11.6 Å². The SMILES string of the molecule is Cc1cc2c(c(Cl)c1C1(CN)CCCCC1)OCCO2. The maximum absolute atomic E-state index is 6.67. The molecule has 20 heavy (non-hydrogen) atoms. The number of hydrogen-bond acceptors (Lipinski definition) is 3. The van der Waals surface area contributed by atoms with Crippen LogP contribution in [0.2, 0.25) is 5.02 Å². The predicted octanol–water partition coefficient (Wildman–Crippen LogP) is 3.58. The number of nitrogens with two attached hydrogens (primary N) is 1. The van der Waals surface area contributed by atoms with Crippen molar-refractivity contribution < 1.29 is 9.47 Å². The van der Waals surface area contributed by atoms with Crippen LogP contribution in [-0.4, -0.2) is 19.8 Å². The van der Waals surface area contributed by atoms with Crippen LogP contribution < -0.4 is 15.2 Å². The van der Waals surface area contributed by atoms with Crippen molar-refractivity contribution in [3.8, 4) is 11.5 Å². The highest BCUT2D eigenvalue weighted by atomic mass is 35.5. The van der Waals surface area contributed by atoms with Crippen LogP contribution >= 0.6 is 11.6 Å². The summed E-state index contributed by atoms with van der Waals surface area (Å²) in [4.78, 5) is 0. The van der Waals surface area contributed by atoms with Gasteiger partial charge in [0.1, 0.15) is 13.2 Å². The van der Waals surface area contributed by atoms with Gasteiger partial charge in [-0.2, -0.15) is 0 Å². The molecule has 2 aliphatic rings. The number of benzene rings is 1. The Labute approximate surface area is 125 Å². The van der Waals surface area contributed by atoms with Crippen molar-refractivity contribution in [2.24, 2.45) is 5.73 Å². The maximum atomic E-state index is 6.67. The second kappa shape index (κ2) is 5.45. The molecular weight excluding hydrogens is 274 g/mol. The minimum absolute atomic E-state index is 0.00918. The van der Waals surface area contributed by atoms with E-state index >= 15 is 0 Å². The van der Waals surface area contributed by atoms with Crippen molar-refractivity contribution in [2.45, 2.75) is 44.4 Å². The number of rotatable bonds is 2. The van der Waals surface area contributed by atoms with Crippen LogP contribution in [0.1, 0.15) is 43.2 Å². The summed E-state index contributed by atoms with van der Waals surface area (Å²) in [6.07, 6.45) is 5.97. The van der Waals surface area contributed by atoms with Crippen LogP contribution in [0.25, 0.3) is 0 Å². The Kier molecular flexibility index (Phi) is 3.83. The van der Waals surface area contributed by atoms with Gasteiger partial charge in [-0.25, -0.2) is 0 Å². The van der Waals surface area contributed by atoms with Gasteiger partial charge in [-0.15, -0.1) is 0 Å². The van der Waals surface area contributed by atoms with E-state index in [1.165, 1.54) is 30.4 Å². The van der Waals surface area contributed by atoms with Gasteiger partial charge in [-0.3, -0.25) is 0 Å². The summed E-state index contributed by atoms with van der Waals surface area (Å²) in [5.74, 6) is 1.47. The molecule has 3 rings (SSSR count). The van der Waals surface area contributed by atoms with Crippen LogP contribution in [0.5, 0.6) is 11.5 Å². The fraction of sp³-hybridized carbons (Fsp3) is 0.625. The Morgan fingerprint density at radius 1 is 1.20 bits per heavy atom. The highest BCUT2D eigenvalue weighted by molar-refractivity contribution is 6.33. The van der Waals surface area contributed by atoms with Crippen LogP contribution in [0.4, 0.5) is 0 Å². The van der Waals surface area contributed by atoms with Crippen molar-refractivity contribution in [1.29, 1.82) is 0 Å². The lowest BCUT2D eigenvalue weighted by Crippen LogP contribution is -2.38. The zero-order chi connectivity index (χ0) is 14.2. The second-order valence-electron chi connectivity index (χ2n) is 5.95. The molecule has 1 heterocycles. The van der Waals surface area contributed by atoms with Gasteiger partial charge in [0, 0.05) is 12.0 Å². The molecule has 1 saturated carbocycles. The summed E-state index contributed by atoms with van der Waals surface area (Å²) in [5, 5.41) is 0.715. The summed E-state index contributed by atoms with van der Waals surface area (Å²) in [6.45, 7) is 3.90. The van der Waals surface area contributed by atoms with Crippen molar-refractivity contribution in [1.82, 2.24) is 0 Å². The van der Waals surface area contributed by atoms with Gasteiger partial charge in [-0.05, 0) is 37.0 Å². The largest absolute Gasteiger partial charge is 0.486 e. The molecule has 3 nitrogen and oxygen atoms in total. The molecular formula is C16H22ClNO2. The smallest absolute Gasteiger partial charge is 0.180 e. The maximum Gasteiger partial charge on any atom is 0.180 e. The minimum atomic E-state index is 0.00918. The van der Waals surface area contributed by atoms with E-state index < -0.39 is 0 Å². The fourth-order valence-electron chi connectivity index (χ4n) is 3.70. The first-order valence-corrected chi connectivity index (χ1v) is 7.85. The fourth-order valence-corrected chi connectivity index (χ4v) is 4.20. The summed E-state index contributed by atoms with van der Waals surface area (Å²) >= 11 is 6.67. The van der Waals surface area contributed by atoms with Crippen LogP contribution in [0, 0.1) is 6.92 Å². The lowest BCUT2D eigenvalue weighted by atomic mass is 9.68. The van der Waals surface area contributed by atoms with E-state index in [1.54, 1.807) is 0 Å². The lowest BCUT2D eigenvalue weighted by molar-refractivity contribution is 0.170. The molecule has 0 spiro atoms. The van der Waals surface area contributed by atoms with Crippen LogP contribution in [-0.2, 0) is 5.41 Å². The Balaban J connectivity index is 2.12. The normalized spacial score (nSPS) is 20.8. The van der Waals surface area contributed by atoms with Crippen LogP contribution in [0.3, 0.4) is 0 Å². The van der Waals surface area contributed by atoms with Gasteiger partial charge >= 0.3 is 0 Å². The molecule has 1 aliphatic carbocycles. The Hall–Kier alpha value is -0.930. The third-order valence-corrected chi connectivity index (χ3v) is 5.06. The van der Waals surface area contributed by atoms with Crippen molar-refractivity contribution in [2.75, 3.05) is 19.8 Å². The van der Waals surface area contributed by atoms with Gasteiger partial charge in [0.25, 0.3) is 0 Å². The minimum Gasteiger partial charge on any atom is -0.486 e. The van der Waals surface area contributed by atoms with Gasteiger partial charge in [0.05, 0.1) is 5.02 Å². The molecule has 2 N–H and O–H groups in total. The summed E-state index contributed by atoms with van der Waals surface area (Å²) < 4.78 is 11.4. The number of aryl methyl sites for hydroxylation is 1. The zero-order valence-electron chi connectivity index (χ0n) is 12.0. The number of hydrogen-bond donors (Lipinski definition) is 1. The standard InChI is InChI=1S/C16H22ClNO2/c1-11-9-12-15(20-8-7-19-12)14(17)13(11)16(10-18)5-3-2-4-6-16/h9H,2-8,10,18H2,1H3. The first kappa shape index (κ1) is 14.0. The molecule has 110 valence electrons. The van der Waals surface area contributed by atoms with Gasteiger partial charge in [-0.1, -0.05) is 30.9 Å². The predicted molar refractivity (Wildman–Crippen MR) is 81.0 cm³/mol. The molecule has 0 saturated heterocycles. The van der Waals surface area contributed by atoms with Crippen LogP contribution in [0.15, 0.2) is 6.07 Å². The first-order valence-electron chi connectivity index (χ1n) is 7.47. The molecule has 1 fully saturated rings. The Morgan fingerprint density at radius 2 is 1.90 bits per heavy atom. The molecule has 4 heteroatoms. The van der Waals surface area contributed by atoms with E-state index in [4.69, 9.17) is 26.8 Å². The van der Waals surface area contributed by atoms with Gasteiger partial charge < -0.3 is 15.2 Å². The molecule has 1 aromatic carbocycles. The van der Waals surface area contributed by atoms with E-state index in [1.807, 2.05) is 0 Å².